The molecule has 0 bridgehead atoms. The second-order valence-corrected chi connectivity index (χ2v) is 16.8. The van der Waals surface area contributed by atoms with Crippen LogP contribution in [0.4, 0.5) is 0 Å². The number of phenolic OH excluding ortho intramolecular Hbond substituents is 1. The van der Waals surface area contributed by atoms with E-state index in [9.17, 15) is 58.8 Å². The van der Waals surface area contributed by atoms with Crippen LogP contribution in [0.5, 0.6) is 5.75 Å². The summed E-state index contributed by atoms with van der Waals surface area (Å²) in [6.45, 7) is 6.10. The Labute approximate surface area is 352 Å². The number of carbonyl (C=O) groups excluding carboxylic acids is 6. The number of carboxylic acids is 2. The Morgan fingerprint density at radius 3 is 1.46 bits per heavy atom. The van der Waals surface area contributed by atoms with E-state index >= 15 is 0 Å². The molecule has 59 heavy (non-hydrogen) atoms. The molecule has 0 radical (unpaired) electrons. The second kappa shape index (κ2) is 27.2. The summed E-state index contributed by atoms with van der Waals surface area (Å²) in [7, 11) is 0. The number of hydrogen-bond donors (Lipinski definition) is 11. The predicted octanol–water partition coefficient (Wildman–Crippen LogP) is -0.679. The monoisotopic (exact) mass is 871 g/mol. The zero-order valence-corrected chi connectivity index (χ0v) is 36.0. The molecule has 0 heterocycles. The van der Waals surface area contributed by atoms with Crippen LogP contribution in [-0.4, -0.2) is 141 Å². The molecule has 0 saturated heterocycles. The molecule has 6 amide bonds. The van der Waals surface area contributed by atoms with Crippen molar-refractivity contribution < 1.29 is 58.8 Å². The van der Waals surface area contributed by atoms with Gasteiger partial charge in [-0.1, -0.05) is 39.8 Å². The molecule has 0 unspecified atom stereocenters. The lowest BCUT2D eigenvalue weighted by molar-refractivity contribution is -0.143. The fraction of sp³-hybridized carbons (Fsp3) is 0.632. The summed E-state index contributed by atoms with van der Waals surface area (Å²) < 4.78 is 0. The Hall–Kier alpha value is -4.60. The highest BCUT2D eigenvalue weighted by Crippen LogP contribution is 2.14. The van der Waals surface area contributed by atoms with Gasteiger partial charge in [0.2, 0.25) is 35.4 Å². The van der Waals surface area contributed by atoms with E-state index in [-0.39, 0.29) is 43.3 Å². The predicted molar refractivity (Wildman–Crippen MR) is 223 cm³/mol. The van der Waals surface area contributed by atoms with E-state index in [2.05, 4.69) is 31.9 Å². The highest BCUT2D eigenvalue weighted by atomic mass is 32.2. The summed E-state index contributed by atoms with van der Waals surface area (Å²) >= 11 is 2.94. The van der Waals surface area contributed by atoms with Crippen molar-refractivity contribution in [3.8, 4) is 5.75 Å². The number of thioether (sulfide) groups is 2. The van der Waals surface area contributed by atoms with Crippen LogP contribution in [0, 0.1) is 11.8 Å². The van der Waals surface area contributed by atoms with Gasteiger partial charge in [0.1, 0.15) is 42.0 Å². The van der Waals surface area contributed by atoms with Gasteiger partial charge in [-0.2, -0.15) is 23.5 Å². The van der Waals surface area contributed by atoms with Gasteiger partial charge in [0.05, 0.1) is 19.1 Å². The molecule has 21 heteroatoms. The fourth-order valence-electron chi connectivity index (χ4n) is 5.57. The molecular weight excluding hydrogens is 811 g/mol. The molecule has 1 rings (SSSR count). The van der Waals surface area contributed by atoms with Gasteiger partial charge >= 0.3 is 11.9 Å². The molecule has 0 aliphatic rings. The van der Waals surface area contributed by atoms with Crippen molar-refractivity contribution in [2.75, 3.05) is 30.6 Å². The molecule has 0 fully saturated rings. The summed E-state index contributed by atoms with van der Waals surface area (Å²) in [5, 5.41) is 53.1. The van der Waals surface area contributed by atoms with Crippen LogP contribution in [0.15, 0.2) is 24.3 Å². The number of aliphatic hydroxyl groups is 1. The summed E-state index contributed by atoms with van der Waals surface area (Å²) in [5.41, 5.74) is 6.44. The molecule has 12 N–H and O–H groups in total. The number of benzene rings is 1. The van der Waals surface area contributed by atoms with Crippen molar-refractivity contribution in [2.45, 2.75) is 109 Å². The van der Waals surface area contributed by atoms with Gasteiger partial charge in [0.25, 0.3) is 0 Å². The summed E-state index contributed by atoms with van der Waals surface area (Å²) in [6, 6.07) is -3.93. The van der Waals surface area contributed by atoms with Crippen molar-refractivity contribution in [2.24, 2.45) is 17.6 Å². The Morgan fingerprint density at radius 2 is 1.00 bits per heavy atom. The standard InChI is InChI=1S/C38H61N7O12S2/c1-20(2)15-26(41-33(51)25(12-14-59-6)40-32(50)24(39)11-13-58-5)34(52)44-29(18-31(48)49)37(55)43-28(17-22-7-9-23(47)10-8-22)36(54)42-27(16-21(3)4)35(53)45-30(19-46)38(56)57/h7-10,20-21,24-30,46-47H,11-19,39H2,1-6H3,(H,40,50)(H,41,51)(H,42,54)(H,43,55)(H,44,52)(H,45,53)(H,48,49)(H,56,57)/t24-,25-,26-,27-,28-,29-,30-/m0/s1. The Kier molecular flexibility index (Phi) is 24.2. The minimum Gasteiger partial charge on any atom is -0.508 e. The SMILES string of the molecule is CSCC[C@H](NC(=O)[C@@H](N)CCSC)C(=O)N[C@@H](CC(C)C)C(=O)N[C@@H](CC(=O)O)C(=O)N[C@@H](Cc1ccc(O)cc1)C(=O)N[C@@H](CC(C)C)C(=O)N[C@@H](CO)C(=O)O. The number of amides is 6. The zero-order valence-electron chi connectivity index (χ0n) is 34.3. The smallest absolute Gasteiger partial charge is 0.328 e. The number of phenols is 1. The summed E-state index contributed by atoms with van der Waals surface area (Å²) in [4.78, 5) is 105. The number of carbonyl (C=O) groups is 8. The Balaban J connectivity index is 3.45. The largest absolute Gasteiger partial charge is 0.508 e. The van der Waals surface area contributed by atoms with Crippen molar-refractivity contribution in [1.82, 2.24) is 31.9 Å². The first-order valence-electron chi connectivity index (χ1n) is 19.1. The van der Waals surface area contributed by atoms with Crippen molar-refractivity contribution in [3.63, 3.8) is 0 Å². The van der Waals surface area contributed by atoms with E-state index in [1.807, 2.05) is 12.5 Å². The van der Waals surface area contributed by atoms with Gasteiger partial charge in [0, 0.05) is 6.42 Å². The van der Waals surface area contributed by atoms with Crippen LogP contribution in [0.25, 0.3) is 0 Å². The number of hydrogen-bond acceptors (Lipinski definition) is 13. The number of carboxylic acid groups (broad SMARTS) is 2. The maximum absolute atomic E-state index is 13.9. The Morgan fingerprint density at radius 1 is 0.593 bits per heavy atom. The third-order valence-corrected chi connectivity index (χ3v) is 10.00. The number of aromatic hydroxyl groups is 1. The first-order chi connectivity index (χ1) is 27.7. The average Bonchev–Trinajstić information content (AvgIpc) is 3.16. The van der Waals surface area contributed by atoms with Crippen molar-refractivity contribution in [1.29, 1.82) is 0 Å². The fourth-order valence-corrected chi connectivity index (χ4v) is 6.53. The van der Waals surface area contributed by atoms with Crippen LogP contribution in [-0.2, 0) is 44.8 Å². The average molecular weight is 872 g/mol. The van der Waals surface area contributed by atoms with E-state index in [1.165, 1.54) is 47.8 Å². The maximum atomic E-state index is 13.9. The molecule has 0 spiro atoms. The highest BCUT2D eigenvalue weighted by molar-refractivity contribution is 7.98. The van der Waals surface area contributed by atoms with E-state index in [0.29, 0.717) is 23.5 Å². The van der Waals surface area contributed by atoms with Gasteiger partial charge in [-0.3, -0.25) is 33.6 Å². The quantitative estimate of drug-likeness (QED) is 0.0497. The van der Waals surface area contributed by atoms with E-state index in [4.69, 9.17) is 5.73 Å². The van der Waals surface area contributed by atoms with Gasteiger partial charge in [-0.05, 0) is 79.2 Å². The van der Waals surface area contributed by atoms with Gasteiger partial charge < -0.3 is 58.1 Å². The number of aliphatic hydroxyl groups excluding tert-OH is 1. The molecule has 0 aliphatic heterocycles. The lowest BCUT2D eigenvalue weighted by Gasteiger charge is -2.28. The van der Waals surface area contributed by atoms with Crippen LogP contribution in [0.1, 0.15) is 65.4 Å². The van der Waals surface area contributed by atoms with Crippen LogP contribution >= 0.6 is 23.5 Å². The first-order valence-corrected chi connectivity index (χ1v) is 21.9. The number of aliphatic carboxylic acids is 2. The third-order valence-electron chi connectivity index (χ3n) is 8.71. The van der Waals surface area contributed by atoms with Crippen LogP contribution in [0.3, 0.4) is 0 Å². The van der Waals surface area contributed by atoms with Crippen molar-refractivity contribution >= 4 is 70.9 Å². The second-order valence-electron chi connectivity index (χ2n) is 14.8. The van der Waals surface area contributed by atoms with Crippen LogP contribution < -0.4 is 37.6 Å². The molecule has 19 nitrogen and oxygen atoms in total. The maximum Gasteiger partial charge on any atom is 0.328 e. The van der Waals surface area contributed by atoms with Gasteiger partial charge in [-0.25, -0.2) is 4.79 Å². The third kappa shape index (κ3) is 20.3. The molecular formula is C38H61N7O12S2. The Bertz CT molecular complexity index is 1570. The number of rotatable bonds is 28. The van der Waals surface area contributed by atoms with E-state index in [0.717, 1.165) is 0 Å². The first kappa shape index (κ1) is 52.4. The lowest BCUT2D eigenvalue weighted by atomic mass is 10.00. The van der Waals surface area contributed by atoms with E-state index in [1.54, 1.807) is 27.7 Å². The zero-order chi connectivity index (χ0) is 44.8. The van der Waals surface area contributed by atoms with E-state index < -0.39 is 103 Å². The highest BCUT2D eigenvalue weighted by Gasteiger charge is 2.35. The van der Waals surface area contributed by atoms with Crippen LogP contribution in [0.2, 0.25) is 0 Å². The molecule has 0 aromatic heterocycles. The van der Waals surface area contributed by atoms with Gasteiger partial charge in [-0.15, -0.1) is 0 Å². The molecule has 7 atom stereocenters. The van der Waals surface area contributed by atoms with Gasteiger partial charge in [0.15, 0.2) is 0 Å². The summed E-state index contributed by atoms with van der Waals surface area (Å²) in [5.74, 6) is -7.49. The molecule has 332 valence electrons. The topological polar surface area (TPSA) is 316 Å². The number of nitrogens with two attached hydrogens (primary N) is 1. The lowest BCUT2D eigenvalue weighted by Crippen LogP contribution is -2.60. The molecule has 0 aliphatic carbocycles. The molecule has 1 aromatic rings. The minimum absolute atomic E-state index is 0.0164. The summed E-state index contributed by atoms with van der Waals surface area (Å²) in [6.07, 6.45) is 3.15. The van der Waals surface area contributed by atoms with Crippen molar-refractivity contribution in [3.05, 3.63) is 29.8 Å². The molecule has 0 saturated carbocycles. The minimum atomic E-state index is -1.78. The normalized spacial score (nSPS) is 14.7. The molecule has 1 aromatic carbocycles. The number of nitrogens with one attached hydrogen (secondary N) is 6.